The maximum absolute atomic E-state index is 14.8. The topological polar surface area (TPSA) is 76.5 Å². The van der Waals surface area contributed by atoms with Crippen molar-refractivity contribution in [2.45, 2.75) is 45.9 Å². The van der Waals surface area contributed by atoms with Crippen LogP contribution in [0.5, 0.6) is 0 Å². The molecule has 1 aliphatic carbocycles. The lowest BCUT2D eigenvalue weighted by molar-refractivity contribution is -0.107. The Kier molecular flexibility index (Phi) is 5.29. The lowest BCUT2D eigenvalue weighted by atomic mass is 9.82. The van der Waals surface area contributed by atoms with Crippen LogP contribution >= 0.6 is 0 Å². The second-order valence-electron chi connectivity index (χ2n) is 8.70. The van der Waals surface area contributed by atoms with Gasteiger partial charge in [-0.15, -0.1) is 0 Å². The molecule has 0 saturated heterocycles. The Bertz CT molecular complexity index is 1360. The SMILES string of the molecule is CCN(C=O)c1cc2n(c(=O)c1COC)Cc1c-2nc2cc(F)c(C)c3c2c1C(NC)CC3. The number of ether oxygens (including phenoxy) is 1. The number of fused-ring (bicyclic) bond motifs is 4. The van der Waals surface area contributed by atoms with E-state index in [1.807, 2.05) is 27.0 Å². The van der Waals surface area contributed by atoms with Gasteiger partial charge in [0.1, 0.15) is 5.82 Å². The fourth-order valence-electron chi connectivity index (χ4n) is 5.46. The summed E-state index contributed by atoms with van der Waals surface area (Å²) in [4.78, 5) is 31.7. The molecule has 33 heavy (non-hydrogen) atoms. The first-order valence-corrected chi connectivity index (χ1v) is 11.2. The van der Waals surface area contributed by atoms with Gasteiger partial charge in [-0.2, -0.15) is 0 Å². The molecule has 1 atom stereocenters. The number of hydrogen-bond acceptors (Lipinski definition) is 5. The molecule has 1 aliphatic heterocycles. The highest BCUT2D eigenvalue weighted by Crippen LogP contribution is 2.45. The molecule has 0 bridgehead atoms. The number of nitrogens with zero attached hydrogens (tertiary/aromatic N) is 3. The summed E-state index contributed by atoms with van der Waals surface area (Å²) in [6, 6.07) is 3.43. The molecule has 1 aromatic carbocycles. The highest BCUT2D eigenvalue weighted by Gasteiger charge is 2.34. The molecule has 1 unspecified atom stereocenters. The Morgan fingerprint density at radius 3 is 2.82 bits per heavy atom. The minimum atomic E-state index is -0.261. The number of methoxy groups -OCH3 is 1. The lowest BCUT2D eigenvalue weighted by Crippen LogP contribution is -2.30. The normalized spacial score (nSPS) is 16.1. The van der Waals surface area contributed by atoms with Crippen LogP contribution in [-0.2, 0) is 29.1 Å². The van der Waals surface area contributed by atoms with E-state index >= 15 is 0 Å². The summed E-state index contributed by atoms with van der Waals surface area (Å²) in [7, 11) is 3.46. The number of aryl methyl sites for hydroxylation is 1. The number of benzene rings is 1. The van der Waals surface area contributed by atoms with Gasteiger partial charge in [-0.25, -0.2) is 9.37 Å². The predicted octanol–water partition coefficient (Wildman–Crippen LogP) is 3.21. The third kappa shape index (κ3) is 3.04. The van der Waals surface area contributed by atoms with Gasteiger partial charge in [0, 0.05) is 36.7 Å². The zero-order valence-electron chi connectivity index (χ0n) is 19.3. The van der Waals surface area contributed by atoms with Crippen molar-refractivity contribution in [1.29, 1.82) is 0 Å². The summed E-state index contributed by atoms with van der Waals surface area (Å²) in [6.07, 6.45) is 2.35. The first-order valence-electron chi connectivity index (χ1n) is 11.2. The predicted molar refractivity (Wildman–Crippen MR) is 125 cm³/mol. The average Bonchev–Trinajstić information content (AvgIpc) is 3.19. The number of carbonyl (C=O) groups excluding carboxylic acids is 1. The Morgan fingerprint density at radius 1 is 1.36 bits per heavy atom. The van der Waals surface area contributed by atoms with Gasteiger partial charge in [-0.3, -0.25) is 9.59 Å². The van der Waals surface area contributed by atoms with Crippen LogP contribution in [0, 0.1) is 12.7 Å². The van der Waals surface area contributed by atoms with E-state index in [1.54, 1.807) is 4.57 Å². The molecule has 172 valence electrons. The molecule has 3 aromatic rings. The minimum absolute atomic E-state index is 0.0895. The van der Waals surface area contributed by atoms with E-state index in [0.29, 0.717) is 46.8 Å². The Labute approximate surface area is 191 Å². The van der Waals surface area contributed by atoms with Crippen molar-refractivity contribution in [3.05, 3.63) is 56.1 Å². The second-order valence-corrected chi connectivity index (χ2v) is 8.70. The third-order valence-corrected chi connectivity index (χ3v) is 7.13. The van der Waals surface area contributed by atoms with E-state index in [-0.39, 0.29) is 24.0 Å². The molecule has 0 saturated carbocycles. The second kappa shape index (κ2) is 8.04. The van der Waals surface area contributed by atoms with Crippen molar-refractivity contribution in [1.82, 2.24) is 14.9 Å². The van der Waals surface area contributed by atoms with E-state index in [2.05, 4.69) is 5.32 Å². The molecule has 0 spiro atoms. The highest BCUT2D eigenvalue weighted by molar-refractivity contribution is 5.93. The van der Waals surface area contributed by atoms with Gasteiger partial charge in [0.25, 0.3) is 5.56 Å². The smallest absolute Gasteiger partial charge is 0.259 e. The van der Waals surface area contributed by atoms with Gasteiger partial charge in [0.2, 0.25) is 6.41 Å². The van der Waals surface area contributed by atoms with E-state index in [4.69, 9.17) is 9.72 Å². The van der Waals surface area contributed by atoms with Crippen molar-refractivity contribution in [3.63, 3.8) is 0 Å². The summed E-state index contributed by atoms with van der Waals surface area (Å²) in [5.41, 5.74) is 6.45. The molecule has 0 radical (unpaired) electrons. The number of carbonyl (C=O) groups is 1. The van der Waals surface area contributed by atoms with Gasteiger partial charge >= 0.3 is 0 Å². The van der Waals surface area contributed by atoms with Gasteiger partial charge < -0.3 is 19.5 Å². The molecule has 2 aromatic heterocycles. The summed E-state index contributed by atoms with van der Waals surface area (Å²) >= 11 is 0. The number of pyridine rings is 2. The largest absolute Gasteiger partial charge is 0.380 e. The molecule has 1 amide bonds. The van der Waals surface area contributed by atoms with Crippen molar-refractivity contribution in [2.24, 2.45) is 0 Å². The van der Waals surface area contributed by atoms with Crippen molar-refractivity contribution in [3.8, 4) is 11.4 Å². The monoisotopic (exact) mass is 450 g/mol. The van der Waals surface area contributed by atoms with Crippen LogP contribution in [0.1, 0.15) is 47.2 Å². The maximum Gasteiger partial charge on any atom is 0.259 e. The van der Waals surface area contributed by atoms with E-state index in [1.165, 1.54) is 18.1 Å². The van der Waals surface area contributed by atoms with Crippen LogP contribution in [0.4, 0.5) is 10.1 Å². The summed E-state index contributed by atoms with van der Waals surface area (Å²) in [5.74, 6) is -0.261. The number of aromatic nitrogens is 2. The molecule has 8 heteroatoms. The van der Waals surface area contributed by atoms with E-state index in [0.717, 1.165) is 41.3 Å². The van der Waals surface area contributed by atoms with Crippen molar-refractivity contribution in [2.75, 3.05) is 25.6 Å². The zero-order chi connectivity index (χ0) is 23.4. The number of hydrogen-bond donors (Lipinski definition) is 1. The highest BCUT2D eigenvalue weighted by atomic mass is 19.1. The minimum Gasteiger partial charge on any atom is -0.380 e. The van der Waals surface area contributed by atoms with E-state index in [9.17, 15) is 14.0 Å². The van der Waals surface area contributed by atoms with Crippen LogP contribution in [-0.4, -0.2) is 36.7 Å². The van der Waals surface area contributed by atoms with Gasteiger partial charge in [-0.05, 0) is 56.5 Å². The summed E-state index contributed by atoms with van der Waals surface area (Å²) in [5, 5.41) is 4.41. The molecular weight excluding hydrogens is 423 g/mol. The number of rotatable bonds is 6. The van der Waals surface area contributed by atoms with Crippen LogP contribution < -0.4 is 15.8 Å². The number of anilines is 1. The molecule has 1 N–H and O–H groups in total. The molecule has 7 nitrogen and oxygen atoms in total. The van der Waals surface area contributed by atoms with Gasteiger partial charge in [0.05, 0.1) is 41.3 Å². The lowest BCUT2D eigenvalue weighted by Gasteiger charge is -2.28. The molecular formula is C25H27FN4O3. The molecule has 2 aliphatic rings. The van der Waals surface area contributed by atoms with E-state index < -0.39 is 0 Å². The first-order chi connectivity index (χ1) is 15.9. The zero-order valence-corrected chi connectivity index (χ0v) is 19.3. The summed E-state index contributed by atoms with van der Waals surface area (Å²) < 4.78 is 21.8. The van der Waals surface area contributed by atoms with Gasteiger partial charge in [0.15, 0.2) is 0 Å². The quantitative estimate of drug-likeness (QED) is 0.457. The fourth-order valence-corrected chi connectivity index (χ4v) is 5.46. The number of halogens is 1. The van der Waals surface area contributed by atoms with Crippen LogP contribution in [0.2, 0.25) is 0 Å². The number of nitrogens with one attached hydrogen (secondary N) is 1. The molecule has 3 heterocycles. The van der Waals surface area contributed by atoms with Crippen LogP contribution in [0.3, 0.4) is 0 Å². The third-order valence-electron chi connectivity index (χ3n) is 7.13. The molecule has 0 fully saturated rings. The van der Waals surface area contributed by atoms with Crippen molar-refractivity contribution >= 4 is 23.0 Å². The standard InChI is InChI=1S/C25H27FN4O3/c1-5-29(12-31)20-9-21-24-15(10-30(21)25(32)16(20)11-33-4)23-18(27-3)7-6-14-13(2)17(26)8-19(28-24)22(14)23/h8-9,12,18,27H,5-7,10-11H2,1-4H3. The first kappa shape index (κ1) is 21.7. The maximum atomic E-state index is 14.8. The Morgan fingerprint density at radius 2 is 2.15 bits per heavy atom. The average molecular weight is 451 g/mol. The fraction of sp³-hybridized carbons (Fsp3) is 0.400. The molecule has 5 rings (SSSR count). The van der Waals surface area contributed by atoms with Crippen LogP contribution in [0.15, 0.2) is 16.9 Å². The van der Waals surface area contributed by atoms with Crippen molar-refractivity contribution < 1.29 is 13.9 Å². The Balaban J connectivity index is 1.86. The number of amides is 1. The summed E-state index contributed by atoms with van der Waals surface area (Å²) in [6.45, 7) is 4.58. The Hall–Kier alpha value is -3.10. The van der Waals surface area contributed by atoms with Gasteiger partial charge in [-0.1, -0.05) is 0 Å². The van der Waals surface area contributed by atoms with Crippen LogP contribution in [0.25, 0.3) is 22.3 Å².